The van der Waals surface area contributed by atoms with Gasteiger partial charge in [-0.15, -0.1) is 0 Å². The molecule has 2 heterocycles. The molecule has 1 N–H and O–H groups in total. The van der Waals surface area contributed by atoms with Crippen molar-refractivity contribution in [1.82, 2.24) is 14.8 Å². The van der Waals surface area contributed by atoms with E-state index in [0.717, 1.165) is 53.8 Å². The third-order valence-corrected chi connectivity index (χ3v) is 6.30. The average Bonchev–Trinajstić information content (AvgIpc) is 3.11. The number of amides is 1. The minimum absolute atomic E-state index is 0.0540. The first-order valence-corrected chi connectivity index (χ1v) is 12.0. The average molecular weight is 473 g/mol. The van der Waals surface area contributed by atoms with E-state index < -0.39 is 5.60 Å². The number of ketones is 1. The van der Waals surface area contributed by atoms with E-state index in [1.54, 1.807) is 12.1 Å². The van der Waals surface area contributed by atoms with Crippen LogP contribution < -0.4 is 5.32 Å². The van der Waals surface area contributed by atoms with Crippen molar-refractivity contribution in [3.63, 3.8) is 0 Å². The molecule has 1 aliphatic rings. The molecular formula is C28H32N4O3. The maximum atomic E-state index is 13.5. The van der Waals surface area contributed by atoms with Crippen molar-refractivity contribution < 1.29 is 14.3 Å². The zero-order valence-electron chi connectivity index (χ0n) is 20.8. The lowest BCUT2D eigenvalue weighted by Gasteiger charge is -2.32. The van der Waals surface area contributed by atoms with Crippen molar-refractivity contribution in [2.75, 3.05) is 19.6 Å². The van der Waals surface area contributed by atoms with Crippen LogP contribution in [0.15, 0.2) is 48.5 Å². The smallest absolute Gasteiger partial charge is 0.407 e. The Kier molecular flexibility index (Phi) is 6.95. The summed E-state index contributed by atoms with van der Waals surface area (Å²) in [4.78, 5) is 31.2. The molecule has 0 aliphatic carbocycles. The highest BCUT2D eigenvalue weighted by Crippen LogP contribution is 2.30. The summed E-state index contributed by atoms with van der Waals surface area (Å²) in [6.07, 6.45) is 1.17. The van der Waals surface area contributed by atoms with Crippen LogP contribution in [0.5, 0.6) is 0 Å². The Labute approximate surface area is 206 Å². The van der Waals surface area contributed by atoms with Gasteiger partial charge in [-0.25, -0.2) is 9.64 Å². The number of para-hydroxylation sites is 1. The molecule has 7 heteroatoms. The molecule has 182 valence electrons. The van der Waals surface area contributed by atoms with Gasteiger partial charge in [-0.1, -0.05) is 30.3 Å². The second-order valence-corrected chi connectivity index (χ2v) is 10.1. The van der Waals surface area contributed by atoms with Gasteiger partial charge >= 0.3 is 6.09 Å². The van der Waals surface area contributed by atoms with Crippen LogP contribution in [0.2, 0.25) is 0 Å². The zero-order chi connectivity index (χ0) is 25.2. The highest BCUT2D eigenvalue weighted by atomic mass is 16.6. The van der Waals surface area contributed by atoms with E-state index in [1.165, 1.54) is 0 Å². The molecule has 2 aromatic carbocycles. The largest absolute Gasteiger partial charge is 0.444 e. The maximum absolute atomic E-state index is 13.5. The fourth-order valence-corrected chi connectivity index (χ4v) is 4.72. The number of piperidine rings is 1. The van der Waals surface area contributed by atoms with Crippen LogP contribution in [0.1, 0.15) is 49.7 Å². The predicted molar refractivity (Wildman–Crippen MR) is 137 cm³/mol. The molecule has 35 heavy (non-hydrogen) atoms. The van der Waals surface area contributed by atoms with Gasteiger partial charge in [-0.05, 0) is 58.7 Å². The number of fused-ring (bicyclic) bond motifs is 1. The monoisotopic (exact) mass is 472 g/mol. The van der Waals surface area contributed by atoms with Gasteiger partial charge in [0, 0.05) is 41.5 Å². The van der Waals surface area contributed by atoms with E-state index in [1.807, 2.05) is 64.1 Å². The number of aromatic nitrogens is 1. The summed E-state index contributed by atoms with van der Waals surface area (Å²) in [5, 5.41) is 3.89. The summed E-state index contributed by atoms with van der Waals surface area (Å²) in [6.45, 7) is 16.5. The Bertz CT molecular complexity index is 1270. The molecule has 1 aromatic heterocycles. The number of benzene rings is 2. The standard InChI is InChI=1S/C28H32N4O3/c1-19-26(23-8-6-7-9-24(23)32(19)22-12-10-20(29-5)11-13-22)25(33)18-31-16-14-21(15-17-31)30-27(34)35-28(2,3)4/h6-13,21H,14-18H2,1-4H3,(H,30,34). The van der Waals surface area contributed by atoms with E-state index in [0.29, 0.717) is 12.2 Å². The highest BCUT2D eigenvalue weighted by Gasteiger charge is 2.27. The summed E-state index contributed by atoms with van der Waals surface area (Å²) in [7, 11) is 0. The van der Waals surface area contributed by atoms with Gasteiger partial charge in [0.25, 0.3) is 0 Å². The van der Waals surface area contributed by atoms with E-state index in [-0.39, 0.29) is 17.9 Å². The number of hydrogen-bond donors (Lipinski definition) is 1. The van der Waals surface area contributed by atoms with E-state index in [9.17, 15) is 9.59 Å². The van der Waals surface area contributed by atoms with E-state index >= 15 is 0 Å². The number of carbonyl (C=O) groups excluding carboxylic acids is 2. The minimum Gasteiger partial charge on any atom is -0.444 e. The van der Waals surface area contributed by atoms with Gasteiger partial charge in [-0.2, -0.15) is 0 Å². The number of nitrogens with one attached hydrogen (secondary N) is 1. The fraction of sp³-hybridized carbons (Fsp3) is 0.393. The van der Waals surface area contributed by atoms with Crippen LogP contribution in [0.25, 0.3) is 21.4 Å². The van der Waals surface area contributed by atoms with Gasteiger partial charge in [0.1, 0.15) is 5.60 Å². The quantitative estimate of drug-likeness (QED) is 0.384. The Hall–Kier alpha value is -3.63. The molecule has 0 atom stereocenters. The third-order valence-electron chi connectivity index (χ3n) is 6.30. The highest BCUT2D eigenvalue weighted by molar-refractivity contribution is 6.10. The molecule has 0 radical (unpaired) electrons. The van der Waals surface area contributed by atoms with Crippen molar-refractivity contribution in [1.29, 1.82) is 0 Å². The Morgan fingerprint density at radius 3 is 2.37 bits per heavy atom. The lowest BCUT2D eigenvalue weighted by Crippen LogP contribution is -2.47. The van der Waals surface area contributed by atoms with E-state index in [4.69, 9.17) is 11.3 Å². The van der Waals surface area contributed by atoms with Crippen molar-refractivity contribution in [2.24, 2.45) is 0 Å². The second kappa shape index (κ2) is 9.93. The molecule has 3 aromatic rings. The maximum Gasteiger partial charge on any atom is 0.407 e. The summed E-state index contributed by atoms with van der Waals surface area (Å²) < 4.78 is 7.45. The second-order valence-electron chi connectivity index (χ2n) is 10.1. The zero-order valence-corrected chi connectivity index (χ0v) is 20.8. The predicted octanol–water partition coefficient (Wildman–Crippen LogP) is 5.66. The molecule has 1 fully saturated rings. The van der Waals surface area contributed by atoms with E-state index in [2.05, 4.69) is 19.6 Å². The van der Waals surface area contributed by atoms with Gasteiger partial charge in [0.2, 0.25) is 0 Å². The fourth-order valence-electron chi connectivity index (χ4n) is 4.72. The summed E-state index contributed by atoms with van der Waals surface area (Å²) in [5.74, 6) is 0.0915. The number of alkyl carbamates (subject to hydrolysis) is 1. The summed E-state index contributed by atoms with van der Waals surface area (Å²) in [6, 6.07) is 15.4. The van der Waals surface area contributed by atoms with Crippen LogP contribution in [-0.2, 0) is 4.74 Å². The lowest BCUT2D eigenvalue weighted by atomic mass is 10.0. The molecule has 0 saturated carbocycles. The van der Waals surface area contributed by atoms with Crippen LogP contribution in [-0.4, -0.2) is 52.6 Å². The number of carbonyl (C=O) groups is 2. The molecular weight excluding hydrogens is 440 g/mol. The van der Waals surface area contributed by atoms with Crippen LogP contribution in [0.4, 0.5) is 10.5 Å². The molecule has 0 spiro atoms. The van der Waals surface area contributed by atoms with Crippen molar-refractivity contribution in [2.45, 2.75) is 52.2 Å². The number of nitrogens with zero attached hydrogens (tertiary/aromatic N) is 3. The number of ether oxygens (including phenoxy) is 1. The van der Waals surface area contributed by atoms with Crippen LogP contribution >= 0.6 is 0 Å². The number of likely N-dealkylation sites (tertiary alicyclic amines) is 1. The summed E-state index contributed by atoms with van der Waals surface area (Å²) in [5.41, 5.74) is 3.61. The normalized spacial score (nSPS) is 15.1. The Morgan fingerprint density at radius 1 is 1.09 bits per heavy atom. The summed E-state index contributed by atoms with van der Waals surface area (Å²) >= 11 is 0. The SMILES string of the molecule is [C-]#[N+]c1ccc(-n2c(C)c(C(=O)CN3CCC(NC(=O)OC(C)(C)C)CC3)c3ccccc32)cc1. The molecule has 0 unspecified atom stereocenters. The Morgan fingerprint density at radius 2 is 1.74 bits per heavy atom. The molecule has 4 rings (SSSR count). The minimum atomic E-state index is -0.521. The van der Waals surface area contributed by atoms with Crippen LogP contribution in [0.3, 0.4) is 0 Å². The molecule has 1 aliphatic heterocycles. The first kappa shape index (κ1) is 24.5. The topological polar surface area (TPSA) is 67.9 Å². The molecule has 1 amide bonds. The van der Waals surface area contributed by atoms with Gasteiger partial charge in [0.05, 0.1) is 18.6 Å². The number of rotatable bonds is 5. The number of Topliss-reactive ketones (excluding diaryl/α,β-unsaturated/α-hetero) is 1. The molecule has 0 bridgehead atoms. The van der Waals surface area contributed by atoms with Crippen LogP contribution in [0, 0.1) is 13.5 Å². The van der Waals surface area contributed by atoms with Crippen molar-refractivity contribution in [3.05, 3.63) is 71.2 Å². The van der Waals surface area contributed by atoms with Crippen molar-refractivity contribution in [3.8, 4) is 5.69 Å². The first-order chi connectivity index (χ1) is 16.7. The molecule has 7 nitrogen and oxygen atoms in total. The van der Waals surface area contributed by atoms with Gasteiger partial charge in [0.15, 0.2) is 11.5 Å². The number of hydrogen-bond acceptors (Lipinski definition) is 4. The lowest BCUT2D eigenvalue weighted by molar-refractivity contribution is 0.0476. The van der Waals surface area contributed by atoms with Gasteiger partial charge < -0.3 is 14.6 Å². The Balaban J connectivity index is 1.48. The third kappa shape index (κ3) is 5.55. The molecule has 1 saturated heterocycles. The van der Waals surface area contributed by atoms with Crippen molar-refractivity contribution >= 4 is 28.5 Å². The first-order valence-electron chi connectivity index (χ1n) is 12.0. The van der Waals surface area contributed by atoms with Gasteiger partial charge in [-0.3, -0.25) is 9.69 Å².